The van der Waals surface area contributed by atoms with Gasteiger partial charge in [-0.25, -0.2) is 14.8 Å². The topological polar surface area (TPSA) is 112 Å². The number of hydrogen-bond donors (Lipinski definition) is 3. The molecule has 3 N–H and O–H groups in total. The molecule has 0 aliphatic carbocycles. The molecular weight excluding hydrogens is 308 g/mol. The zero-order valence-corrected chi connectivity index (χ0v) is 13.2. The van der Waals surface area contributed by atoms with E-state index in [2.05, 4.69) is 15.3 Å². The van der Waals surface area contributed by atoms with Crippen molar-refractivity contribution in [3.63, 3.8) is 0 Å². The van der Waals surface area contributed by atoms with Crippen LogP contribution in [0.1, 0.15) is 42.6 Å². The van der Waals surface area contributed by atoms with Gasteiger partial charge in [-0.2, -0.15) is 0 Å². The van der Waals surface area contributed by atoms with Gasteiger partial charge in [-0.15, -0.1) is 0 Å². The van der Waals surface area contributed by atoms with Gasteiger partial charge < -0.3 is 20.2 Å². The van der Waals surface area contributed by atoms with Crippen molar-refractivity contribution in [2.75, 3.05) is 5.32 Å². The van der Waals surface area contributed by atoms with E-state index >= 15 is 0 Å². The van der Waals surface area contributed by atoms with Crippen molar-refractivity contribution in [2.24, 2.45) is 0 Å². The van der Waals surface area contributed by atoms with Crippen LogP contribution < -0.4 is 5.32 Å². The van der Waals surface area contributed by atoms with Gasteiger partial charge >= 0.3 is 5.97 Å². The molecule has 0 aliphatic heterocycles. The molecule has 118 valence electrons. The first-order valence-corrected chi connectivity index (χ1v) is 6.98. The van der Waals surface area contributed by atoms with Crippen LogP contribution in [0, 0.1) is 5.41 Å². The van der Waals surface area contributed by atoms with Crippen molar-refractivity contribution in [2.45, 2.75) is 27.3 Å². The van der Waals surface area contributed by atoms with E-state index in [1.165, 1.54) is 19.4 Å². The van der Waals surface area contributed by atoms with Crippen LogP contribution in [0.25, 0.3) is 0 Å². The van der Waals surface area contributed by atoms with Gasteiger partial charge in [0.2, 0.25) is 5.89 Å². The number of anilines is 1. The maximum Gasteiger partial charge on any atom is 0.338 e. The molecule has 0 aliphatic rings. The van der Waals surface area contributed by atoms with Crippen molar-refractivity contribution >= 4 is 29.1 Å². The summed E-state index contributed by atoms with van der Waals surface area (Å²) in [5.74, 6) is -0.436. The molecule has 7 nitrogen and oxygen atoms in total. The first-order chi connectivity index (χ1) is 10.5. The molecule has 22 heavy (non-hydrogen) atoms. The van der Waals surface area contributed by atoms with Crippen LogP contribution in [-0.4, -0.2) is 26.8 Å². The molecule has 0 atom stereocenters. The van der Waals surface area contributed by atoms with Gasteiger partial charge in [0, 0.05) is 11.9 Å². The van der Waals surface area contributed by atoms with Gasteiger partial charge in [-0.1, -0.05) is 25.4 Å². The Labute approximate surface area is 132 Å². The van der Waals surface area contributed by atoms with Crippen molar-refractivity contribution < 1.29 is 14.3 Å². The van der Waals surface area contributed by atoms with Gasteiger partial charge in [-0.05, 0) is 6.92 Å². The Hall–Kier alpha value is -2.41. The summed E-state index contributed by atoms with van der Waals surface area (Å²) >= 11 is 6.02. The maximum atomic E-state index is 11.0. The third kappa shape index (κ3) is 4.05. The van der Waals surface area contributed by atoms with Gasteiger partial charge in [-0.3, -0.25) is 0 Å². The predicted molar refractivity (Wildman–Crippen MR) is 83.9 cm³/mol. The second-order valence-corrected chi connectivity index (χ2v) is 4.30. The largest absolute Gasteiger partial charge is 0.478 e. The Balaban J connectivity index is 0.00000116. The van der Waals surface area contributed by atoms with Crippen LogP contribution in [0.15, 0.2) is 23.1 Å². The molecule has 0 saturated carbocycles. The highest BCUT2D eigenvalue weighted by Gasteiger charge is 2.19. The number of hydrogen-bond acceptors (Lipinski definition) is 6. The summed E-state index contributed by atoms with van der Waals surface area (Å²) in [6.45, 7) is 5.76. The van der Waals surface area contributed by atoms with E-state index in [9.17, 15) is 4.79 Å². The Morgan fingerprint density at radius 2 is 2.14 bits per heavy atom. The molecule has 0 amide bonds. The Morgan fingerprint density at radius 1 is 1.45 bits per heavy atom. The number of carboxylic acid groups (broad SMARTS) is 1. The van der Waals surface area contributed by atoms with Gasteiger partial charge in [0.15, 0.2) is 0 Å². The molecule has 2 rings (SSSR count). The number of carbonyl (C=O) groups is 1. The number of aromatic carboxylic acids is 1. The number of nitrogens with zero attached hydrogens (tertiary/aromatic N) is 2. The average Bonchev–Trinajstić information content (AvgIpc) is 2.99. The summed E-state index contributed by atoms with van der Waals surface area (Å²) < 4.78 is 5.07. The number of pyridine rings is 1. The molecule has 0 fully saturated rings. The predicted octanol–water partition coefficient (Wildman–Crippen LogP) is 3.45. The Bertz CT molecular complexity index is 656. The summed E-state index contributed by atoms with van der Waals surface area (Å²) in [5, 5.41) is 19.6. The molecule has 2 heterocycles. The number of oxazole rings is 1. The summed E-state index contributed by atoms with van der Waals surface area (Å²) in [7, 11) is 0. The molecule has 0 saturated heterocycles. The molecule has 0 bridgehead atoms. The molecule has 0 radical (unpaired) electrons. The molecule has 0 unspecified atom stereocenters. The first-order valence-electron chi connectivity index (χ1n) is 6.60. The standard InChI is InChI=1S/C12H11ClN4O3.C2H6/c1-6(14)9-10(13)7(12(18)19)4-16-11(9)17-5-8-15-2-3-20-8;1-2/h2-4,14H,5H2,1H3,(H,16,17)(H,18,19);1-2H3. The third-order valence-electron chi connectivity index (χ3n) is 2.51. The third-order valence-corrected chi connectivity index (χ3v) is 2.90. The molecule has 2 aromatic rings. The second kappa shape index (κ2) is 8.14. The van der Waals surface area contributed by atoms with Crippen LogP contribution in [-0.2, 0) is 6.54 Å². The minimum absolute atomic E-state index is 0.0186. The molecule has 0 aromatic carbocycles. The normalized spacial score (nSPS) is 9.64. The lowest BCUT2D eigenvalue weighted by atomic mass is 10.1. The smallest absolute Gasteiger partial charge is 0.338 e. The van der Waals surface area contributed by atoms with E-state index in [1.807, 2.05) is 13.8 Å². The van der Waals surface area contributed by atoms with E-state index in [1.54, 1.807) is 0 Å². The monoisotopic (exact) mass is 324 g/mol. The van der Waals surface area contributed by atoms with E-state index in [0.717, 1.165) is 6.20 Å². The SMILES string of the molecule is CC.CC(=N)c1c(NCc2ncco2)ncc(C(=O)O)c1Cl. The summed E-state index contributed by atoms with van der Waals surface area (Å²) in [4.78, 5) is 18.9. The Kier molecular flexibility index (Phi) is 6.52. The minimum Gasteiger partial charge on any atom is -0.478 e. The molecule has 2 aromatic heterocycles. The molecule has 0 spiro atoms. The molecule has 8 heteroatoms. The van der Waals surface area contributed by atoms with Crippen molar-refractivity contribution in [1.29, 1.82) is 5.41 Å². The van der Waals surface area contributed by atoms with Crippen LogP contribution >= 0.6 is 11.6 Å². The van der Waals surface area contributed by atoms with E-state index in [0.29, 0.717) is 11.7 Å². The highest BCUT2D eigenvalue weighted by Crippen LogP contribution is 2.27. The van der Waals surface area contributed by atoms with Crippen LogP contribution in [0.2, 0.25) is 5.02 Å². The average molecular weight is 325 g/mol. The fourth-order valence-electron chi connectivity index (χ4n) is 1.61. The summed E-state index contributed by atoms with van der Waals surface area (Å²) in [5.41, 5.74) is 0.216. The molecular formula is C14H17ClN4O3. The minimum atomic E-state index is -1.19. The Morgan fingerprint density at radius 3 is 2.64 bits per heavy atom. The zero-order valence-electron chi connectivity index (χ0n) is 12.5. The zero-order chi connectivity index (χ0) is 16.7. The van der Waals surface area contributed by atoms with Crippen molar-refractivity contribution in [3.8, 4) is 0 Å². The van der Waals surface area contributed by atoms with Crippen LogP contribution in [0.4, 0.5) is 5.82 Å². The highest BCUT2D eigenvalue weighted by atomic mass is 35.5. The maximum absolute atomic E-state index is 11.0. The van der Waals surface area contributed by atoms with E-state index in [-0.39, 0.29) is 28.4 Å². The highest BCUT2D eigenvalue weighted by molar-refractivity contribution is 6.37. The number of nitrogens with one attached hydrogen (secondary N) is 2. The van der Waals surface area contributed by atoms with Gasteiger partial charge in [0.25, 0.3) is 0 Å². The lowest BCUT2D eigenvalue weighted by Gasteiger charge is -2.12. The lowest BCUT2D eigenvalue weighted by molar-refractivity contribution is 0.0696. The summed E-state index contributed by atoms with van der Waals surface area (Å²) in [6.07, 6.45) is 4.09. The van der Waals surface area contributed by atoms with E-state index in [4.69, 9.17) is 26.5 Å². The lowest BCUT2D eigenvalue weighted by Crippen LogP contribution is -2.11. The van der Waals surface area contributed by atoms with Crippen molar-refractivity contribution in [1.82, 2.24) is 9.97 Å². The van der Waals surface area contributed by atoms with Gasteiger partial charge in [0.05, 0.1) is 28.9 Å². The number of carboxylic acids is 1. The van der Waals surface area contributed by atoms with Gasteiger partial charge in [0.1, 0.15) is 12.1 Å². The number of aromatic nitrogens is 2. The fourth-order valence-corrected chi connectivity index (χ4v) is 1.97. The van der Waals surface area contributed by atoms with Crippen LogP contribution in [0.3, 0.4) is 0 Å². The van der Waals surface area contributed by atoms with E-state index < -0.39 is 5.97 Å². The van der Waals surface area contributed by atoms with Crippen LogP contribution in [0.5, 0.6) is 0 Å². The number of halogens is 1. The first kappa shape index (κ1) is 17.6. The number of rotatable bonds is 5. The fraction of sp³-hybridized carbons (Fsp3) is 0.286. The summed E-state index contributed by atoms with van der Waals surface area (Å²) in [6, 6.07) is 0. The quantitative estimate of drug-likeness (QED) is 0.726. The second-order valence-electron chi connectivity index (χ2n) is 3.92. The van der Waals surface area contributed by atoms with Crippen molar-refractivity contribution in [3.05, 3.63) is 40.7 Å².